The van der Waals surface area contributed by atoms with Gasteiger partial charge in [0.15, 0.2) is 0 Å². The SMILES string of the molecule is CCCc1noc2c1C[B]CCC2. The first-order chi connectivity index (χ1) is 6.42. The van der Waals surface area contributed by atoms with Crippen molar-refractivity contribution in [3.8, 4) is 0 Å². The van der Waals surface area contributed by atoms with E-state index in [1.165, 1.54) is 24.0 Å². The van der Waals surface area contributed by atoms with Crippen molar-refractivity contribution in [1.29, 1.82) is 0 Å². The van der Waals surface area contributed by atoms with Gasteiger partial charge in [0.1, 0.15) is 13.0 Å². The van der Waals surface area contributed by atoms with Crippen LogP contribution in [0.4, 0.5) is 0 Å². The van der Waals surface area contributed by atoms with E-state index in [4.69, 9.17) is 4.52 Å². The van der Waals surface area contributed by atoms with Gasteiger partial charge in [0.2, 0.25) is 0 Å². The summed E-state index contributed by atoms with van der Waals surface area (Å²) in [7, 11) is 2.35. The summed E-state index contributed by atoms with van der Waals surface area (Å²) in [6.45, 7) is 2.18. The molecular formula is C10H15BNO. The number of hydrogen-bond donors (Lipinski definition) is 0. The molecule has 69 valence electrons. The highest BCUT2D eigenvalue weighted by Crippen LogP contribution is 2.21. The van der Waals surface area contributed by atoms with Crippen LogP contribution in [0.5, 0.6) is 0 Å². The Labute approximate surface area is 79.9 Å². The second-order valence-corrected chi connectivity index (χ2v) is 3.67. The van der Waals surface area contributed by atoms with Gasteiger partial charge in [0, 0.05) is 12.0 Å². The Kier molecular flexibility index (Phi) is 2.72. The molecule has 0 saturated carbocycles. The fourth-order valence-corrected chi connectivity index (χ4v) is 1.90. The minimum atomic E-state index is 1.06. The zero-order valence-corrected chi connectivity index (χ0v) is 8.18. The van der Waals surface area contributed by atoms with Crippen molar-refractivity contribution in [3.05, 3.63) is 17.0 Å². The van der Waals surface area contributed by atoms with Crippen molar-refractivity contribution in [2.45, 2.75) is 45.2 Å². The lowest BCUT2D eigenvalue weighted by Crippen LogP contribution is -1.97. The molecule has 2 rings (SSSR count). The molecule has 0 aliphatic carbocycles. The third-order valence-electron chi connectivity index (χ3n) is 2.60. The van der Waals surface area contributed by atoms with Gasteiger partial charge in [-0.05, 0) is 6.42 Å². The molecule has 0 fully saturated rings. The van der Waals surface area contributed by atoms with Gasteiger partial charge in [-0.1, -0.05) is 37.6 Å². The van der Waals surface area contributed by atoms with E-state index in [0.29, 0.717) is 0 Å². The van der Waals surface area contributed by atoms with E-state index >= 15 is 0 Å². The summed E-state index contributed by atoms with van der Waals surface area (Å²) in [5.74, 6) is 1.14. The molecule has 0 bridgehead atoms. The van der Waals surface area contributed by atoms with Crippen molar-refractivity contribution >= 4 is 7.28 Å². The molecule has 13 heavy (non-hydrogen) atoms. The minimum Gasteiger partial charge on any atom is -0.361 e. The van der Waals surface area contributed by atoms with Crippen molar-refractivity contribution in [1.82, 2.24) is 5.16 Å². The molecular weight excluding hydrogens is 161 g/mol. The van der Waals surface area contributed by atoms with Gasteiger partial charge < -0.3 is 4.52 Å². The second-order valence-electron chi connectivity index (χ2n) is 3.67. The third kappa shape index (κ3) is 1.79. The lowest BCUT2D eigenvalue weighted by atomic mass is 9.69. The van der Waals surface area contributed by atoms with Crippen molar-refractivity contribution in [2.24, 2.45) is 0 Å². The normalized spacial score (nSPS) is 16.1. The molecule has 2 heterocycles. The van der Waals surface area contributed by atoms with Crippen LogP contribution in [0.2, 0.25) is 6.32 Å². The van der Waals surface area contributed by atoms with E-state index in [2.05, 4.69) is 19.4 Å². The van der Waals surface area contributed by atoms with E-state index in [9.17, 15) is 0 Å². The van der Waals surface area contributed by atoms with Crippen LogP contribution in [0.1, 0.15) is 36.8 Å². The number of aromatic nitrogens is 1. The molecule has 1 aliphatic rings. The summed E-state index contributed by atoms with van der Waals surface area (Å²) < 4.78 is 5.35. The molecule has 0 N–H and O–H groups in total. The maximum absolute atomic E-state index is 5.35. The largest absolute Gasteiger partial charge is 0.361 e. The maximum Gasteiger partial charge on any atom is 0.139 e. The van der Waals surface area contributed by atoms with Gasteiger partial charge in [-0.3, -0.25) is 0 Å². The van der Waals surface area contributed by atoms with Crippen LogP contribution in [0.3, 0.4) is 0 Å². The van der Waals surface area contributed by atoms with Crippen LogP contribution in [0.25, 0.3) is 0 Å². The molecule has 2 nitrogen and oxygen atoms in total. The molecule has 0 amide bonds. The molecule has 3 heteroatoms. The standard InChI is InChI=1S/C10H15BNO/c1-2-4-9-8-7-11-6-3-5-10(8)13-12-9/h2-7H2,1H3. The summed E-state index contributed by atoms with van der Waals surface area (Å²) in [6.07, 6.45) is 6.78. The topological polar surface area (TPSA) is 26.0 Å². The van der Waals surface area contributed by atoms with Crippen molar-refractivity contribution in [3.63, 3.8) is 0 Å². The molecule has 0 saturated heterocycles. The molecule has 0 unspecified atom stereocenters. The zero-order valence-electron chi connectivity index (χ0n) is 8.18. The molecule has 1 aliphatic heterocycles. The molecule has 0 aromatic carbocycles. The molecule has 1 aromatic rings. The summed E-state index contributed by atoms with van der Waals surface area (Å²) in [5, 5.41) is 4.13. The van der Waals surface area contributed by atoms with Crippen LogP contribution in [-0.2, 0) is 19.2 Å². The number of aryl methyl sites for hydroxylation is 2. The van der Waals surface area contributed by atoms with Crippen LogP contribution in [0.15, 0.2) is 4.52 Å². The Bertz CT molecular complexity index is 282. The lowest BCUT2D eigenvalue weighted by Gasteiger charge is -1.96. The average Bonchev–Trinajstić information content (AvgIpc) is 2.38. The Morgan fingerprint density at radius 1 is 1.54 bits per heavy atom. The number of fused-ring (bicyclic) bond motifs is 1. The highest BCUT2D eigenvalue weighted by Gasteiger charge is 2.17. The number of hydrogen-bond acceptors (Lipinski definition) is 2. The first-order valence-electron chi connectivity index (χ1n) is 5.19. The minimum absolute atomic E-state index is 1.06. The van der Waals surface area contributed by atoms with E-state index in [0.717, 1.165) is 31.3 Å². The van der Waals surface area contributed by atoms with Gasteiger partial charge >= 0.3 is 0 Å². The molecule has 1 radical (unpaired) electrons. The van der Waals surface area contributed by atoms with Crippen LogP contribution in [0, 0.1) is 0 Å². The fourth-order valence-electron chi connectivity index (χ4n) is 1.90. The first-order valence-corrected chi connectivity index (χ1v) is 5.19. The predicted octanol–water partition coefficient (Wildman–Crippen LogP) is 2.20. The van der Waals surface area contributed by atoms with Crippen molar-refractivity contribution in [2.75, 3.05) is 0 Å². The van der Waals surface area contributed by atoms with E-state index in [1.807, 2.05) is 0 Å². The highest BCUT2D eigenvalue weighted by molar-refractivity contribution is 6.35. The van der Waals surface area contributed by atoms with Crippen molar-refractivity contribution < 1.29 is 4.52 Å². The van der Waals surface area contributed by atoms with Gasteiger partial charge in [-0.25, -0.2) is 0 Å². The maximum atomic E-state index is 5.35. The van der Waals surface area contributed by atoms with Crippen LogP contribution < -0.4 is 0 Å². The molecule has 1 aromatic heterocycles. The van der Waals surface area contributed by atoms with Gasteiger partial charge in [0.25, 0.3) is 0 Å². The second kappa shape index (κ2) is 3.99. The van der Waals surface area contributed by atoms with E-state index in [1.54, 1.807) is 0 Å². The third-order valence-corrected chi connectivity index (χ3v) is 2.60. The monoisotopic (exact) mass is 176 g/mol. The first kappa shape index (κ1) is 8.85. The summed E-state index contributed by atoms with van der Waals surface area (Å²) in [6, 6.07) is 0. The molecule has 0 spiro atoms. The Hall–Kier alpha value is -0.725. The summed E-state index contributed by atoms with van der Waals surface area (Å²) in [4.78, 5) is 0. The Morgan fingerprint density at radius 2 is 2.46 bits per heavy atom. The van der Waals surface area contributed by atoms with Gasteiger partial charge in [-0.15, -0.1) is 0 Å². The van der Waals surface area contributed by atoms with Crippen LogP contribution >= 0.6 is 0 Å². The summed E-state index contributed by atoms with van der Waals surface area (Å²) in [5.41, 5.74) is 2.56. The number of rotatable bonds is 2. The lowest BCUT2D eigenvalue weighted by molar-refractivity contribution is 0.375. The average molecular weight is 176 g/mol. The Morgan fingerprint density at radius 3 is 3.31 bits per heavy atom. The van der Waals surface area contributed by atoms with Crippen LogP contribution in [-0.4, -0.2) is 12.4 Å². The van der Waals surface area contributed by atoms with Gasteiger partial charge in [0.05, 0.1) is 5.69 Å². The fraction of sp³-hybridized carbons (Fsp3) is 0.700. The Balaban J connectivity index is 2.23. The smallest absolute Gasteiger partial charge is 0.139 e. The van der Waals surface area contributed by atoms with E-state index < -0.39 is 0 Å². The van der Waals surface area contributed by atoms with E-state index in [-0.39, 0.29) is 0 Å². The summed E-state index contributed by atoms with van der Waals surface area (Å²) >= 11 is 0. The van der Waals surface area contributed by atoms with Gasteiger partial charge in [-0.2, -0.15) is 0 Å². The highest BCUT2D eigenvalue weighted by atomic mass is 16.5. The quantitative estimate of drug-likeness (QED) is 0.645. The zero-order chi connectivity index (χ0) is 9.10. The number of nitrogens with zero attached hydrogens (tertiary/aromatic N) is 1. The molecule has 0 atom stereocenters. The predicted molar refractivity (Wildman–Crippen MR) is 53.1 cm³/mol.